The molecule has 0 atom stereocenters. The molecule has 57 valence electrons. The van der Waals surface area contributed by atoms with Gasteiger partial charge in [-0.25, -0.2) is 0 Å². The fraction of sp³-hybridized carbons (Fsp3) is 0. The summed E-state index contributed by atoms with van der Waals surface area (Å²) in [5, 5.41) is 0. The van der Waals surface area contributed by atoms with Gasteiger partial charge >= 0.3 is 0 Å². The Morgan fingerprint density at radius 3 is 0.909 bits per heavy atom. The second-order valence-corrected chi connectivity index (χ2v) is 1.77. The van der Waals surface area contributed by atoms with E-state index >= 15 is 0 Å². The largest absolute Gasteiger partial charge is 0.368 e. The second kappa shape index (κ2) is 6.64. The number of aromatic amines is 2. The smallest absolute Gasteiger partial charge is 0.000496 e. The van der Waals surface area contributed by atoms with E-state index in [0.29, 0.717) is 0 Å². The number of nitrogens with zero attached hydrogens (tertiary/aromatic N) is 1. The Hall–Kier alpha value is -1.48. The molecule has 2 aromatic rings. The molecule has 0 aliphatic carbocycles. The van der Waals surface area contributed by atoms with Gasteiger partial charge in [0.1, 0.15) is 0 Å². The highest BCUT2D eigenvalue weighted by Gasteiger charge is 1.56. The minimum absolute atomic E-state index is 0. The molecule has 3 nitrogen and oxygen atoms in total. The van der Waals surface area contributed by atoms with Crippen LogP contribution in [0.1, 0.15) is 0 Å². The summed E-state index contributed by atoms with van der Waals surface area (Å²) in [7, 11) is 0. The predicted molar refractivity (Wildman–Crippen MR) is 43.7 cm³/mol. The fourth-order valence-corrected chi connectivity index (χ4v) is 0.556. The number of hydrogen-bond donors (Lipinski definition) is 2. The summed E-state index contributed by atoms with van der Waals surface area (Å²) in [6, 6.07) is 7.78. The normalized spacial score (nSPS) is 7.27. The van der Waals surface area contributed by atoms with Gasteiger partial charge in [0.15, 0.2) is 0 Å². The number of aromatic nitrogens is 2. The molecule has 2 rings (SSSR count). The standard InChI is InChI=1S/2C4H5N.N/c2*1-2-4-5-3-1;/h2*1-5H;. The van der Waals surface area contributed by atoms with Crippen molar-refractivity contribution >= 4 is 0 Å². The summed E-state index contributed by atoms with van der Waals surface area (Å²) in [6.07, 6.45) is 7.50. The van der Waals surface area contributed by atoms with E-state index in [1.54, 1.807) is 0 Å². The number of rotatable bonds is 0. The van der Waals surface area contributed by atoms with E-state index in [4.69, 9.17) is 0 Å². The van der Waals surface area contributed by atoms with E-state index in [1.807, 2.05) is 49.1 Å². The second-order valence-electron chi connectivity index (χ2n) is 1.77. The van der Waals surface area contributed by atoms with E-state index in [0.717, 1.165) is 0 Å². The van der Waals surface area contributed by atoms with Crippen molar-refractivity contribution in [3.63, 3.8) is 0 Å². The van der Waals surface area contributed by atoms with Crippen molar-refractivity contribution in [2.75, 3.05) is 0 Å². The lowest BCUT2D eigenvalue weighted by molar-refractivity contribution is 1.41. The van der Waals surface area contributed by atoms with Gasteiger partial charge in [0.2, 0.25) is 0 Å². The average Bonchev–Trinajstić information content (AvgIpc) is 2.67. The Balaban J connectivity index is 0.000000167. The van der Waals surface area contributed by atoms with Crippen molar-refractivity contribution in [2.24, 2.45) is 0 Å². The third-order valence-corrected chi connectivity index (χ3v) is 0.992. The van der Waals surface area contributed by atoms with Gasteiger partial charge in [-0.1, -0.05) is 0 Å². The third-order valence-electron chi connectivity index (χ3n) is 0.992. The molecule has 3 heteroatoms. The number of H-pyrrole nitrogens is 2. The molecule has 3 radical (unpaired) electrons. The quantitative estimate of drug-likeness (QED) is 0.569. The molecule has 0 aliphatic rings. The molecule has 0 amide bonds. The van der Waals surface area contributed by atoms with Crippen LogP contribution in [0.5, 0.6) is 0 Å². The molecule has 0 spiro atoms. The first-order chi connectivity index (χ1) is 5.00. The van der Waals surface area contributed by atoms with Gasteiger partial charge in [0, 0.05) is 30.9 Å². The Labute approximate surface area is 66.0 Å². The zero-order chi connectivity index (χ0) is 7.07. The maximum atomic E-state index is 2.86. The topological polar surface area (TPSA) is 62.1 Å². The molecule has 0 saturated carbocycles. The molecule has 0 unspecified atom stereocenters. The van der Waals surface area contributed by atoms with Crippen molar-refractivity contribution in [3.05, 3.63) is 49.1 Å². The van der Waals surface area contributed by atoms with E-state index in [2.05, 4.69) is 9.97 Å². The van der Waals surface area contributed by atoms with Crippen LogP contribution in [-0.4, -0.2) is 9.97 Å². The van der Waals surface area contributed by atoms with Crippen LogP contribution in [0.2, 0.25) is 0 Å². The van der Waals surface area contributed by atoms with Gasteiger partial charge in [-0.2, -0.15) is 0 Å². The van der Waals surface area contributed by atoms with Crippen LogP contribution < -0.4 is 6.15 Å². The van der Waals surface area contributed by atoms with Crippen molar-refractivity contribution in [1.82, 2.24) is 16.1 Å². The lowest BCUT2D eigenvalue weighted by atomic mass is 10.7. The Morgan fingerprint density at radius 1 is 0.545 bits per heavy atom. The maximum absolute atomic E-state index is 2.86. The van der Waals surface area contributed by atoms with E-state index < -0.39 is 0 Å². The predicted octanol–water partition coefficient (Wildman–Crippen LogP) is 1.55. The van der Waals surface area contributed by atoms with Gasteiger partial charge in [-0.3, -0.25) is 0 Å². The number of nitrogens with one attached hydrogen (secondary N) is 2. The minimum Gasteiger partial charge on any atom is -0.368 e. The lowest BCUT2D eigenvalue weighted by Gasteiger charge is -1.49. The van der Waals surface area contributed by atoms with Crippen LogP contribution in [-0.2, 0) is 0 Å². The Kier molecular flexibility index (Phi) is 5.74. The van der Waals surface area contributed by atoms with Gasteiger partial charge < -0.3 is 9.97 Å². The summed E-state index contributed by atoms with van der Waals surface area (Å²) in [5.41, 5.74) is 0. The van der Waals surface area contributed by atoms with E-state index in [9.17, 15) is 0 Å². The molecule has 0 saturated heterocycles. The molecule has 0 aromatic carbocycles. The van der Waals surface area contributed by atoms with Crippen LogP contribution in [0.4, 0.5) is 0 Å². The summed E-state index contributed by atoms with van der Waals surface area (Å²) in [6.45, 7) is 0. The molecule has 0 fully saturated rings. The average molecular weight is 148 g/mol. The van der Waals surface area contributed by atoms with Crippen molar-refractivity contribution in [2.45, 2.75) is 0 Å². The summed E-state index contributed by atoms with van der Waals surface area (Å²) >= 11 is 0. The Morgan fingerprint density at radius 2 is 0.818 bits per heavy atom. The SMILES string of the molecule is [N].c1cc[nH]c1.c1cc[nH]c1. The van der Waals surface area contributed by atoms with Gasteiger partial charge in [0.25, 0.3) is 0 Å². The molecular weight excluding hydrogens is 138 g/mol. The first-order valence-corrected chi connectivity index (χ1v) is 3.15. The van der Waals surface area contributed by atoms with Crippen LogP contribution in [0.15, 0.2) is 49.1 Å². The van der Waals surface area contributed by atoms with E-state index in [1.165, 1.54) is 0 Å². The summed E-state index contributed by atoms with van der Waals surface area (Å²) in [5.74, 6) is 0. The molecule has 11 heavy (non-hydrogen) atoms. The maximum Gasteiger partial charge on any atom is 0.000496 e. The minimum atomic E-state index is 0. The summed E-state index contributed by atoms with van der Waals surface area (Å²) < 4.78 is 0. The molecule has 2 N–H and O–H groups in total. The van der Waals surface area contributed by atoms with Crippen LogP contribution >= 0.6 is 0 Å². The zero-order valence-electron chi connectivity index (χ0n) is 6.07. The van der Waals surface area contributed by atoms with Crippen LogP contribution in [0.3, 0.4) is 0 Å². The molecular formula is C8H10N3. The summed E-state index contributed by atoms with van der Waals surface area (Å²) in [4.78, 5) is 5.72. The van der Waals surface area contributed by atoms with Gasteiger partial charge in [0.05, 0.1) is 0 Å². The highest BCUT2D eigenvalue weighted by atomic mass is 14.6. The monoisotopic (exact) mass is 148 g/mol. The third kappa shape index (κ3) is 4.99. The van der Waals surface area contributed by atoms with Crippen LogP contribution in [0, 0.1) is 0 Å². The molecule has 2 aromatic heterocycles. The van der Waals surface area contributed by atoms with E-state index in [-0.39, 0.29) is 6.15 Å². The highest BCUT2D eigenvalue weighted by Crippen LogP contribution is 1.72. The van der Waals surface area contributed by atoms with Crippen LogP contribution in [0.25, 0.3) is 0 Å². The van der Waals surface area contributed by atoms with Crippen molar-refractivity contribution < 1.29 is 0 Å². The lowest BCUT2D eigenvalue weighted by Crippen LogP contribution is -1.38. The zero-order valence-corrected chi connectivity index (χ0v) is 6.07. The molecule has 2 heterocycles. The molecule has 0 aliphatic heterocycles. The van der Waals surface area contributed by atoms with Gasteiger partial charge in [-0.15, -0.1) is 0 Å². The highest BCUT2D eigenvalue weighted by molar-refractivity contribution is 4.85. The Bertz CT molecular complexity index is 149. The first kappa shape index (κ1) is 9.52. The van der Waals surface area contributed by atoms with Crippen molar-refractivity contribution in [3.8, 4) is 0 Å². The van der Waals surface area contributed by atoms with Crippen molar-refractivity contribution in [1.29, 1.82) is 0 Å². The molecule has 0 bridgehead atoms. The first-order valence-electron chi connectivity index (χ1n) is 3.15. The van der Waals surface area contributed by atoms with Gasteiger partial charge in [-0.05, 0) is 24.3 Å². The number of hydrogen-bond acceptors (Lipinski definition) is 0. The fourth-order valence-electron chi connectivity index (χ4n) is 0.556.